The van der Waals surface area contributed by atoms with Gasteiger partial charge in [0, 0.05) is 17.3 Å². The van der Waals surface area contributed by atoms with Crippen molar-refractivity contribution in [2.45, 2.75) is 13.0 Å². The number of aryl methyl sites for hydroxylation is 1. The molecule has 0 spiro atoms. The summed E-state index contributed by atoms with van der Waals surface area (Å²) in [6, 6.07) is 7.77. The lowest BCUT2D eigenvalue weighted by Crippen LogP contribution is -2.37. The first-order valence-electron chi connectivity index (χ1n) is 4.95. The predicted molar refractivity (Wildman–Crippen MR) is 64.1 cm³/mol. The number of amides is 1. The quantitative estimate of drug-likeness (QED) is 0.798. The van der Waals surface area contributed by atoms with E-state index in [1.807, 2.05) is 31.2 Å². The van der Waals surface area contributed by atoms with Crippen molar-refractivity contribution < 1.29 is 4.79 Å². The lowest BCUT2D eigenvalue weighted by Gasteiger charge is -2.11. The van der Waals surface area contributed by atoms with Gasteiger partial charge in [-0.3, -0.25) is 10.1 Å². The standard InChI is InChI=1S/C11H14N2OS/c1-8-4-2-3-5-9(8)13-11(14)10-6-15-7-12-10/h2-5,10,12H,6-7H2,1H3,(H,13,14)/t10-/m0/s1. The molecule has 4 heteroatoms. The Morgan fingerprint density at radius 3 is 3.00 bits per heavy atom. The fourth-order valence-corrected chi connectivity index (χ4v) is 2.44. The molecule has 2 rings (SSSR count). The molecule has 1 fully saturated rings. The van der Waals surface area contributed by atoms with Gasteiger partial charge in [0.2, 0.25) is 5.91 Å². The molecular weight excluding hydrogens is 208 g/mol. The van der Waals surface area contributed by atoms with Crippen LogP contribution in [0.15, 0.2) is 24.3 Å². The molecule has 2 N–H and O–H groups in total. The van der Waals surface area contributed by atoms with E-state index in [9.17, 15) is 4.79 Å². The van der Waals surface area contributed by atoms with Gasteiger partial charge in [0.25, 0.3) is 0 Å². The van der Waals surface area contributed by atoms with Crippen LogP contribution in [0.25, 0.3) is 0 Å². The summed E-state index contributed by atoms with van der Waals surface area (Å²) in [5.74, 6) is 1.79. The average molecular weight is 222 g/mol. The normalized spacial score (nSPS) is 20.2. The molecule has 1 saturated heterocycles. The smallest absolute Gasteiger partial charge is 0.242 e. The highest BCUT2D eigenvalue weighted by Gasteiger charge is 2.22. The molecule has 0 bridgehead atoms. The molecule has 3 nitrogen and oxygen atoms in total. The van der Waals surface area contributed by atoms with E-state index < -0.39 is 0 Å². The van der Waals surface area contributed by atoms with Crippen LogP contribution >= 0.6 is 11.8 Å². The number of anilines is 1. The maximum Gasteiger partial charge on any atom is 0.242 e. The van der Waals surface area contributed by atoms with Crippen molar-refractivity contribution in [3.8, 4) is 0 Å². The lowest BCUT2D eigenvalue weighted by atomic mass is 10.2. The number of thioether (sulfide) groups is 1. The highest BCUT2D eigenvalue weighted by atomic mass is 32.2. The maximum atomic E-state index is 11.8. The number of hydrogen-bond acceptors (Lipinski definition) is 3. The number of rotatable bonds is 2. The summed E-state index contributed by atoms with van der Waals surface area (Å²) < 4.78 is 0. The van der Waals surface area contributed by atoms with Crippen molar-refractivity contribution in [2.75, 3.05) is 16.9 Å². The fourth-order valence-electron chi connectivity index (χ4n) is 1.50. The molecule has 0 unspecified atom stereocenters. The third kappa shape index (κ3) is 2.52. The second-order valence-corrected chi connectivity index (χ2v) is 4.61. The van der Waals surface area contributed by atoms with Crippen LogP contribution in [0.3, 0.4) is 0 Å². The largest absolute Gasteiger partial charge is 0.324 e. The Morgan fingerprint density at radius 1 is 1.53 bits per heavy atom. The van der Waals surface area contributed by atoms with Gasteiger partial charge in [0.15, 0.2) is 0 Å². The first kappa shape index (κ1) is 10.5. The lowest BCUT2D eigenvalue weighted by molar-refractivity contribution is -0.117. The Kier molecular flexibility index (Phi) is 3.28. The van der Waals surface area contributed by atoms with E-state index in [4.69, 9.17) is 0 Å². The first-order chi connectivity index (χ1) is 7.27. The third-order valence-electron chi connectivity index (χ3n) is 2.44. The molecule has 1 atom stereocenters. The summed E-state index contributed by atoms with van der Waals surface area (Å²) in [6.07, 6.45) is 0. The Balaban J connectivity index is 2.02. The maximum absolute atomic E-state index is 11.8. The molecule has 15 heavy (non-hydrogen) atoms. The molecule has 0 aromatic heterocycles. The molecule has 1 aliphatic rings. The molecular formula is C11H14N2OS. The summed E-state index contributed by atoms with van der Waals surface area (Å²) in [4.78, 5) is 11.8. The van der Waals surface area contributed by atoms with E-state index in [0.717, 1.165) is 22.9 Å². The third-order valence-corrected chi connectivity index (χ3v) is 3.38. The summed E-state index contributed by atoms with van der Waals surface area (Å²) >= 11 is 1.75. The Hall–Kier alpha value is -1.000. The van der Waals surface area contributed by atoms with Crippen LogP contribution in [0.1, 0.15) is 5.56 Å². The molecule has 1 amide bonds. The second-order valence-electron chi connectivity index (χ2n) is 3.58. The SMILES string of the molecule is Cc1ccccc1NC(=O)[C@@H]1CSCN1. The van der Waals surface area contributed by atoms with Crippen molar-refractivity contribution >= 4 is 23.4 Å². The van der Waals surface area contributed by atoms with Crippen molar-refractivity contribution in [3.05, 3.63) is 29.8 Å². The van der Waals surface area contributed by atoms with E-state index in [1.165, 1.54) is 0 Å². The van der Waals surface area contributed by atoms with Crippen LogP contribution in [-0.4, -0.2) is 23.6 Å². The number of para-hydroxylation sites is 1. The highest BCUT2D eigenvalue weighted by molar-refractivity contribution is 7.99. The Morgan fingerprint density at radius 2 is 2.33 bits per heavy atom. The van der Waals surface area contributed by atoms with E-state index in [-0.39, 0.29) is 11.9 Å². The molecule has 1 aromatic carbocycles. The monoisotopic (exact) mass is 222 g/mol. The molecule has 0 aliphatic carbocycles. The zero-order valence-electron chi connectivity index (χ0n) is 8.62. The second kappa shape index (κ2) is 4.68. The van der Waals surface area contributed by atoms with Gasteiger partial charge in [-0.1, -0.05) is 18.2 Å². The first-order valence-corrected chi connectivity index (χ1v) is 6.10. The molecule has 0 radical (unpaired) electrons. The van der Waals surface area contributed by atoms with Crippen molar-refractivity contribution in [1.82, 2.24) is 5.32 Å². The van der Waals surface area contributed by atoms with Gasteiger partial charge in [0.1, 0.15) is 0 Å². The molecule has 80 valence electrons. The topological polar surface area (TPSA) is 41.1 Å². The molecule has 1 aromatic rings. The van der Waals surface area contributed by atoms with E-state index in [1.54, 1.807) is 11.8 Å². The van der Waals surface area contributed by atoms with Crippen molar-refractivity contribution in [3.63, 3.8) is 0 Å². The van der Waals surface area contributed by atoms with Gasteiger partial charge in [-0.15, -0.1) is 11.8 Å². The zero-order valence-corrected chi connectivity index (χ0v) is 9.43. The van der Waals surface area contributed by atoms with Crippen LogP contribution in [0.2, 0.25) is 0 Å². The summed E-state index contributed by atoms with van der Waals surface area (Å²) in [6.45, 7) is 1.99. The van der Waals surface area contributed by atoms with Crippen molar-refractivity contribution in [1.29, 1.82) is 0 Å². The van der Waals surface area contributed by atoms with Gasteiger partial charge in [-0.25, -0.2) is 0 Å². The van der Waals surface area contributed by atoms with E-state index in [0.29, 0.717) is 0 Å². The molecule has 1 aliphatic heterocycles. The highest BCUT2D eigenvalue weighted by Crippen LogP contribution is 2.15. The summed E-state index contributed by atoms with van der Waals surface area (Å²) in [7, 11) is 0. The zero-order chi connectivity index (χ0) is 10.7. The number of carbonyl (C=O) groups is 1. The number of carbonyl (C=O) groups excluding carboxylic acids is 1. The van der Waals surface area contributed by atoms with Crippen LogP contribution < -0.4 is 10.6 Å². The summed E-state index contributed by atoms with van der Waals surface area (Å²) in [5.41, 5.74) is 2.00. The fraction of sp³-hybridized carbons (Fsp3) is 0.364. The average Bonchev–Trinajstić information content (AvgIpc) is 2.74. The molecule has 1 heterocycles. The Bertz CT molecular complexity index is 361. The summed E-state index contributed by atoms with van der Waals surface area (Å²) in [5, 5.41) is 6.08. The van der Waals surface area contributed by atoms with Gasteiger partial charge in [0.05, 0.1) is 6.04 Å². The van der Waals surface area contributed by atoms with Crippen molar-refractivity contribution in [2.24, 2.45) is 0 Å². The van der Waals surface area contributed by atoms with Gasteiger partial charge in [-0.2, -0.15) is 0 Å². The molecule has 0 saturated carbocycles. The number of benzene rings is 1. The number of hydrogen-bond donors (Lipinski definition) is 2. The van der Waals surface area contributed by atoms with E-state index >= 15 is 0 Å². The predicted octanol–water partition coefficient (Wildman–Crippen LogP) is 1.60. The van der Waals surface area contributed by atoms with Crippen LogP contribution in [0.4, 0.5) is 5.69 Å². The van der Waals surface area contributed by atoms with Gasteiger partial charge in [-0.05, 0) is 18.6 Å². The number of nitrogens with one attached hydrogen (secondary N) is 2. The van der Waals surface area contributed by atoms with E-state index in [2.05, 4.69) is 10.6 Å². The minimum Gasteiger partial charge on any atom is -0.324 e. The van der Waals surface area contributed by atoms with Crippen LogP contribution in [0.5, 0.6) is 0 Å². The minimum absolute atomic E-state index is 0.0467. The van der Waals surface area contributed by atoms with Gasteiger partial charge < -0.3 is 5.32 Å². The Labute approximate surface area is 93.6 Å². The van der Waals surface area contributed by atoms with Crippen LogP contribution in [0, 0.1) is 6.92 Å². The van der Waals surface area contributed by atoms with Crippen LogP contribution in [-0.2, 0) is 4.79 Å². The minimum atomic E-state index is -0.0467. The van der Waals surface area contributed by atoms with Gasteiger partial charge >= 0.3 is 0 Å².